The largest absolute Gasteiger partial charge is 0.490 e. The molecule has 0 aromatic heterocycles. The Hall–Kier alpha value is -1.02. The van der Waals surface area contributed by atoms with Crippen LogP contribution in [0, 0.1) is 0 Å². The predicted molar refractivity (Wildman–Crippen MR) is 71.6 cm³/mol. The van der Waals surface area contributed by atoms with Gasteiger partial charge in [0.2, 0.25) is 0 Å². The maximum absolute atomic E-state index is 5.98. The standard InChI is InChI=1S/C15H23NO/c1-4-16-13-9-15(10-13)17-14-7-5-6-12(8-14)11(2)3/h5-8,11,13,15-16H,4,9-10H2,1-3H3. The molecule has 1 saturated carbocycles. The molecule has 0 aliphatic heterocycles. The van der Waals surface area contributed by atoms with Crippen LogP contribution in [0.4, 0.5) is 0 Å². The fraction of sp³-hybridized carbons (Fsp3) is 0.600. The zero-order valence-corrected chi connectivity index (χ0v) is 11.1. The topological polar surface area (TPSA) is 21.3 Å². The van der Waals surface area contributed by atoms with Crippen LogP contribution in [0.3, 0.4) is 0 Å². The van der Waals surface area contributed by atoms with Crippen molar-refractivity contribution in [2.24, 2.45) is 0 Å². The molecule has 0 radical (unpaired) electrons. The first-order valence-corrected chi connectivity index (χ1v) is 6.69. The average Bonchev–Trinajstić information content (AvgIpc) is 2.27. The van der Waals surface area contributed by atoms with Crippen LogP contribution < -0.4 is 10.1 Å². The van der Waals surface area contributed by atoms with E-state index in [-0.39, 0.29) is 0 Å². The van der Waals surface area contributed by atoms with E-state index in [0.29, 0.717) is 18.1 Å². The first-order valence-electron chi connectivity index (χ1n) is 6.69. The van der Waals surface area contributed by atoms with Gasteiger partial charge in [0.25, 0.3) is 0 Å². The number of hydrogen-bond donors (Lipinski definition) is 1. The lowest BCUT2D eigenvalue weighted by Crippen LogP contribution is -2.46. The molecular weight excluding hydrogens is 210 g/mol. The summed E-state index contributed by atoms with van der Waals surface area (Å²) in [5.41, 5.74) is 1.35. The summed E-state index contributed by atoms with van der Waals surface area (Å²) >= 11 is 0. The zero-order chi connectivity index (χ0) is 12.3. The molecule has 94 valence electrons. The van der Waals surface area contributed by atoms with Gasteiger partial charge in [0, 0.05) is 6.04 Å². The van der Waals surface area contributed by atoms with Crippen LogP contribution in [0.2, 0.25) is 0 Å². The van der Waals surface area contributed by atoms with Crippen molar-refractivity contribution in [2.75, 3.05) is 6.54 Å². The SMILES string of the molecule is CCNC1CC(Oc2cccc(C(C)C)c2)C1. The van der Waals surface area contributed by atoms with Crippen molar-refractivity contribution in [3.05, 3.63) is 29.8 Å². The molecule has 17 heavy (non-hydrogen) atoms. The van der Waals surface area contributed by atoms with Crippen molar-refractivity contribution in [3.63, 3.8) is 0 Å². The van der Waals surface area contributed by atoms with E-state index in [4.69, 9.17) is 4.74 Å². The van der Waals surface area contributed by atoms with Gasteiger partial charge >= 0.3 is 0 Å². The van der Waals surface area contributed by atoms with Gasteiger partial charge in [-0.2, -0.15) is 0 Å². The fourth-order valence-corrected chi connectivity index (χ4v) is 2.26. The van der Waals surface area contributed by atoms with Crippen molar-refractivity contribution in [1.29, 1.82) is 0 Å². The molecule has 1 aliphatic rings. The minimum atomic E-state index is 0.404. The predicted octanol–water partition coefficient (Wildman–Crippen LogP) is 3.33. The highest BCUT2D eigenvalue weighted by molar-refractivity contribution is 5.30. The summed E-state index contributed by atoms with van der Waals surface area (Å²) < 4.78 is 5.98. The molecule has 2 nitrogen and oxygen atoms in total. The van der Waals surface area contributed by atoms with Gasteiger partial charge in [-0.15, -0.1) is 0 Å². The first-order chi connectivity index (χ1) is 8.19. The summed E-state index contributed by atoms with van der Waals surface area (Å²) in [6.45, 7) is 7.63. The summed E-state index contributed by atoms with van der Waals surface area (Å²) in [7, 11) is 0. The number of benzene rings is 1. The number of rotatable bonds is 5. The highest BCUT2D eigenvalue weighted by Gasteiger charge is 2.29. The average molecular weight is 233 g/mol. The lowest BCUT2D eigenvalue weighted by molar-refractivity contribution is 0.0858. The van der Waals surface area contributed by atoms with Crippen LogP contribution in [0.15, 0.2) is 24.3 Å². The Labute approximate surface area is 104 Å². The van der Waals surface area contributed by atoms with E-state index in [1.54, 1.807) is 0 Å². The summed E-state index contributed by atoms with van der Waals surface area (Å²) in [5, 5.41) is 3.45. The van der Waals surface area contributed by atoms with Gasteiger partial charge in [0.05, 0.1) is 0 Å². The van der Waals surface area contributed by atoms with Gasteiger partial charge in [-0.1, -0.05) is 32.9 Å². The molecule has 0 bridgehead atoms. The third-order valence-corrected chi connectivity index (χ3v) is 3.42. The summed E-state index contributed by atoms with van der Waals surface area (Å²) in [4.78, 5) is 0. The van der Waals surface area contributed by atoms with Gasteiger partial charge in [0.15, 0.2) is 0 Å². The molecule has 0 unspecified atom stereocenters. The Morgan fingerprint density at radius 2 is 2.12 bits per heavy atom. The third kappa shape index (κ3) is 3.22. The molecule has 1 aromatic carbocycles. The minimum absolute atomic E-state index is 0.404. The van der Waals surface area contributed by atoms with Gasteiger partial charge in [-0.05, 0) is 43.0 Å². The van der Waals surface area contributed by atoms with Crippen molar-refractivity contribution >= 4 is 0 Å². The summed E-state index contributed by atoms with van der Waals surface area (Å²) in [5.74, 6) is 1.59. The smallest absolute Gasteiger partial charge is 0.120 e. The summed E-state index contributed by atoms with van der Waals surface area (Å²) in [6, 6.07) is 9.15. The van der Waals surface area contributed by atoms with Crippen molar-refractivity contribution < 1.29 is 4.74 Å². The van der Waals surface area contributed by atoms with Crippen LogP contribution >= 0.6 is 0 Å². The Kier molecular flexibility index (Phi) is 4.06. The Morgan fingerprint density at radius 3 is 2.76 bits per heavy atom. The van der Waals surface area contributed by atoms with Crippen molar-refractivity contribution in [2.45, 2.75) is 51.7 Å². The molecular formula is C15H23NO. The normalized spacial score (nSPS) is 23.5. The second-order valence-electron chi connectivity index (χ2n) is 5.19. The molecule has 0 atom stereocenters. The lowest BCUT2D eigenvalue weighted by Gasteiger charge is -2.35. The Morgan fingerprint density at radius 1 is 1.35 bits per heavy atom. The van der Waals surface area contributed by atoms with Crippen LogP contribution in [0.5, 0.6) is 5.75 Å². The van der Waals surface area contributed by atoms with E-state index in [9.17, 15) is 0 Å². The number of hydrogen-bond acceptors (Lipinski definition) is 2. The molecule has 0 amide bonds. The van der Waals surface area contributed by atoms with Crippen molar-refractivity contribution in [3.8, 4) is 5.75 Å². The second-order valence-corrected chi connectivity index (χ2v) is 5.19. The molecule has 1 N–H and O–H groups in total. The molecule has 0 saturated heterocycles. The molecule has 0 heterocycles. The number of ether oxygens (including phenoxy) is 1. The molecule has 2 heteroatoms. The van der Waals surface area contributed by atoms with Crippen LogP contribution in [-0.2, 0) is 0 Å². The molecule has 1 fully saturated rings. The molecule has 1 aromatic rings. The quantitative estimate of drug-likeness (QED) is 0.842. The lowest BCUT2D eigenvalue weighted by atomic mass is 9.89. The van der Waals surface area contributed by atoms with E-state index in [2.05, 4.69) is 50.4 Å². The van der Waals surface area contributed by atoms with E-state index >= 15 is 0 Å². The molecule has 0 spiro atoms. The van der Waals surface area contributed by atoms with Gasteiger partial charge in [0.1, 0.15) is 11.9 Å². The molecule has 1 aliphatic carbocycles. The van der Waals surface area contributed by atoms with Crippen LogP contribution in [-0.4, -0.2) is 18.7 Å². The van der Waals surface area contributed by atoms with E-state index in [1.807, 2.05) is 0 Å². The van der Waals surface area contributed by atoms with Gasteiger partial charge in [-0.3, -0.25) is 0 Å². The third-order valence-electron chi connectivity index (χ3n) is 3.42. The van der Waals surface area contributed by atoms with E-state index in [0.717, 1.165) is 25.1 Å². The fourth-order valence-electron chi connectivity index (χ4n) is 2.26. The van der Waals surface area contributed by atoms with Gasteiger partial charge in [-0.25, -0.2) is 0 Å². The Balaban J connectivity index is 1.86. The Bertz CT molecular complexity index is 356. The highest BCUT2D eigenvalue weighted by Crippen LogP contribution is 2.27. The van der Waals surface area contributed by atoms with Crippen molar-refractivity contribution in [1.82, 2.24) is 5.32 Å². The monoisotopic (exact) mass is 233 g/mol. The second kappa shape index (κ2) is 5.54. The maximum atomic E-state index is 5.98. The number of nitrogens with one attached hydrogen (secondary N) is 1. The minimum Gasteiger partial charge on any atom is -0.490 e. The maximum Gasteiger partial charge on any atom is 0.120 e. The first kappa shape index (κ1) is 12.4. The van der Waals surface area contributed by atoms with E-state index in [1.165, 1.54) is 5.56 Å². The zero-order valence-electron chi connectivity index (χ0n) is 11.1. The van der Waals surface area contributed by atoms with Gasteiger partial charge < -0.3 is 10.1 Å². The summed E-state index contributed by atoms with van der Waals surface area (Å²) in [6.07, 6.45) is 2.68. The molecule has 2 rings (SSSR count). The van der Waals surface area contributed by atoms with E-state index < -0.39 is 0 Å². The highest BCUT2D eigenvalue weighted by atomic mass is 16.5. The van der Waals surface area contributed by atoms with Crippen LogP contribution in [0.25, 0.3) is 0 Å². The van der Waals surface area contributed by atoms with Crippen LogP contribution in [0.1, 0.15) is 45.1 Å².